The maximum atomic E-state index is 13.0. The highest BCUT2D eigenvalue weighted by Crippen LogP contribution is 2.55. The van der Waals surface area contributed by atoms with E-state index in [0.717, 1.165) is 59.9 Å². The largest absolute Gasteiger partial charge is 0.493 e. The highest BCUT2D eigenvalue weighted by Gasteiger charge is 2.51. The summed E-state index contributed by atoms with van der Waals surface area (Å²) in [4.78, 5) is 40.1. The summed E-state index contributed by atoms with van der Waals surface area (Å²) in [7, 11) is 1.54. The summed E-state index contributed by atoms with van der Waals surface area (Å²) in [6.07, 6.45) is 8.96. The van der Waals surface area contributed by atoms with Crippen LogP contribution in [0.5, 0.6) is 11.5 Å². The Balaban J connectivity index is 1.09. The minimum atomic E-state index is -0.313. The standard InChI is InChI=1S/C31H34N2O5S/c1-19-4-3-5-21(8-19)17-33-29(35)27(39-30(33)36)13-20-6-7-25(26(12-20)37-2)38-18-28(34)32-31-14-22-9-23(15-31)11-24(10-22)16-31/h3-8,12-13,22-24H,9-11,14-18H2,1-2H3,(H,32,34)/b27-13-. The van der Waals surface area contributed by atoms with Gasteiger partial charge in [-0.3, -0.25) is 19.3 Å². The van der Waals surface area contributed by atoms with E-state index in [1.165, 1.54) is 31.3 Å². The van der Waals surface area contributed by atoms with Crippen LogP contribution < -0.4 is 14.8 Å². The minimum absolute atomic E-state index is 0.0501. The maximum absolute atomic E-state index is 13.0. The van der Waals surface area contributed by atoms with Crippen LogP contribution in [0, 0.1) is 24.7 Å². The van der Waals surface area contributed by atoms with Crippen molar-refractivity contribution in [3.8, 4) is 11.5 Å². The van der Waals surface area contributed by atoms with Gasteiger partial charge in [-0.2, -0.15) is 0 Å². The molecule has 1 aliphatic heterocycles. The molecule has 3 amide bonds. The lowest BCUT2D eigenvalue weighted by Crippen LogP contribution is -2.60. The van der Waals surface area contributed by atoms with Gasteiger partial charge >= 0.3 is 0 Å². The summed E-state index contributed by atoms with van der Waals surface area (Å²) in [6, 6.07) is 13.1. The number of carbonyl (C=O) groups is 3. The number of nitrogens with one attached hydrogen (secondary N) is 1. The van der Waals surface area contributed by atoms with E-state index in [0.29, 0.717) is 22.0 Å². The van der Waals surface area contributed by atoms with E-state index < -0.39 is 0 Å². The lowest BCUT2D eigenvalue weighted by molar-refractivity contribution is -0.129. The topological polar surface area (TPSA) is 84.9 Å². The van der Waals surface area contributed by atoms with Gasteiger partial charge in [-0.05, 0) is 104 Å². The summed E-state index contributed by atoms with van der Waals surface area (Å²) >= 11 is 0.932. The number of carbonyl (C=O) groups excluding carboxylic acids is 3. The lowest BCUT2D eigenvalue weighted by atomic mass is 9.53. The summed E-state index contributed by atoms with van der Waals surface area (Å²) in [6.45, 7) is 2.15. The Labute approximate surface area is 233 Å². The van der Waals surface area contributed by atoms with Crippen LogP contribution in [0.1, 0.15) is 55.2 Å². The second-order valence-electron chi connectivity index (χ2n) is 11.7. The van der Waals surface area contributed by atoms with E-state index >= 15 is 0 Å². The van der Waals surface area contributed by atoms with Gasteiger partial charge in [-0.15, -0.1) is 0 Å². The lowest BCUT2D eigenvalue weighted by Gasteiger charge is -2.56. The van der Waals surface area contributed by atoms with Crippen LogP contribution in [0.25, 0.3) is 6.08 Å². The number of imide groups is 1. The first-order chi connectivity index (χ1) is 18.8. The number of benzene rings is 2. The molecule has 0 radical (unpaired) electrons. The number of ether oxygens (including phenoxy) is 2. The molecule has 4 saturated carbocycles. The third-order valence-electron chi connectivity index (χ3n) is 8.58. The van der Waals surface area contributed by atoms with Gasteiger partial charge in [0.25, 0.3) is 17.1 Å². The molecule has 2 aromatic carbocycles. The Bertz CT molecular complexity index is 1320. The maximum Gasteiger partial charge on any atom is 0.293 e. The second kappa shape index (κ2) is 10.4. The van der Waals surface area contributed by atoms with Crippen molar-refractivity contribution in [1.29, 1.82) is 0 Å². The van der Waals surface area contributed by atoms with E-state index in [1.807, 2.05) is 31.2 Å². The van der Waals surface area contributed by atoms with Crippen LogP contribution in [0.15, 0.2) is 47.4 Å². The van der Waals surface area contributed by atoms with E-state index in [2.05, 4.69) is 5.32 Å². The molecule has 8 heteroatoms. The predicted octanol–water partition coefficient (Wildman–Crippen LogP) is 5.70. The minimum Gasteiger partial charge on any atom is -0.493 e. The molecule has 7 rings (SSSR count). The van der Waals surface area contributed by atoms with E-state index in [-0.39, 0.29) is 35.7 Å². The van der Waals surface area contributed by atoms with Crippen molar-refractivity contribution in [3.63, 3.8) is 0 Å². The summed E-state index contributed by atoms with van der Waals surface area (Å²) in [5, 5.41) is 3.05. The first-order valence-electron chi connectivity index (χ1n) is 13.7. The zero-order valence-electron chi connectivity index (χ0n) is 22.4. The van der Waals surface area contributed by atoms with Crippen LogP contribution in [0.4, 0.5) is 4.79 Å². The highest BCUT2D eigenvalue weighted by molar-refractivity contribution is 8.18. The van der Waals surface area contributed by atoms with Gasteiger partial charge in [-0.1, -0.05) is 35.9 Å². The molecular formula is C31H34N2O5S. The predicted molar refractivity (Wildman–Crippen MR) is 150 cm³/mol. The van der Waals surface area contributed by atoms with Gasteiger partial charge in [0.2, 0.25) is 0 Å². The number of amides is 3. The molecule has 0 aromatic heterocycles. The fourth-order valence-electron chi connectivity index (χ4n) is 7.41. The molecule has 1 saturated heterocycles. The van der Waals surface area contributed by atoms with Crippen molar-refractivity contribution < 1.29 is 23.9 Å². The van der Waals surface area contributed by atoms with Crippen molar-refractivity contribution in [2.24, 2.45) is 17.8 Å². The molecule has 1 N–H and O–H groups in total. The molecule has 204 valence electrons. The van der Waals surface area contributed by atoms with E-state index in [1.54, 1.807) is 24.3 Å². The fourth-order valence-corrected chi connectivity index (χ4v) is 8.25. The number of hydrogen-bond acceptors (Lipinski definition) is 6. The third kappa shape index (κ3) is 5.44. The molecule has 5 fully saturated rings. The number of thioether (sulfide) groups is 1. The number of methoxy groups -OCH3 is 1. The number of nitrogens with zero attached hydrogens (tertiary/aromatic N) is 1. The van der Waals surface area contributed by atoms with E-state index in [4.69, 9.17) is 9.47 Å². The Kier molecular flexibility index (Phi) is 6.91. The smallest absolute Gasteiger partial charge is 0.293 e. The molecule has 0 spiro atoms. The SMILES string of the molecule is COc1cc(/C=C2\SC(=O)N(Cc3cccc(C)c3)C2=O)ccc1OCC(=O)NC12CC3CC(CC(C3)C1)C2. The quantitative estimate of drug-likeness (QED) is 0.428. The Morgan fingerprint density at radius 2 is 1.77 bits per heavy atom. The van der Waals surface area contributed by atoms with Gasteiger partial charge in [0, 0.05) is 5.54 Å². The molecule has 4 aliphatic carbocycles. The van der Waals surface area contributed by atoms with Crippen molar-refractivity contribution in [3.05, 3.63) is 64.1 Å². The first kappa shape index (κ1) is 26.0. The number of hydrogen-bond donors (Lipinski definition) is 1. The average Bonchev–Trinajstić information content (AvgIpc) is 3.14. The summed E-state index contributed by atoms with van der Waals surface area (Å²) < 4.78 is 11.4. The molecule has 39 heavy (non-hydrogen) atoms. The number of rotatable bonds is 8. The Morgan fingerprint density at radius 3 is 2.44 bits per heavy atom. The molecule has 7 nitrogen and oxygen atoms in total. The number of aryl methyl sites for hydroxylation is 1. The molecule has 1 heterocycles. The summed E-state index contributed by atoms with van der Waals surface area (Å²) in [5.74, 6) is 2.79. The van der Waals surface area contributed by atoms with Crippen molar-refractivity contribution in [1.82, 2.24) is 10.2 Å². The zero-order valence-corrected chi connectivity index (χ0v) is 23.2. The molecular weight excluding hydrogens is 512 g/mol. The zero-order chi connectivity index (χ0) is 27.1. The summed E-state index contributed by atoms with van der Waals surface area (Å²) in [5.41, 5.74) is 2.65. The van der Waals surface area contributed by atoms with Crippen LogP contribution in [-0.2, 0) is 16.1 Å². The molecule has 4 bridgehead atoms. The van der Waals surface area contributed by atoms with Crippen molar-refractivity contribution in [2.45, 2.75) is 57.5 Å². The highest BCUT2D eigenvalue weighted by atomic mass is 32.2. The Hall–Kier alpha value is -3.26. The molecule has 0 atom stereocenters. The molecule has 5 aliphatic rings. The van der Waals surface area contributed by atoms with Gasteiger partial charge in [0.05, 0.1) is 18.6 Å². The van der Waals surface area contributed by atoms with Gasteiger partial charge in [-0.25, -0.2) is 0 Å². The van der Waals surface area contributed by atoms with Crippen molar-refractivity contribution >= 4 is 34.9 Å². The third-order valence-corrected chi connectivity index (χ3v) is 9.49. The monoisotopic (exact) mass is 546 g/mol. The first-order valence-corrected chi connectivity index (χ1v) is 14.5. The van der Waals surface area contributed by atoms with Gasteiger partial charge in [0.15, 0.2) is 18.1 Å². The van der Waals surface area contributed by atoms with E-state index in [9.17, 15) is 14.4 Å². The van der Waals surface area contributed by atoms with Crippen LogP contribution in [0.3, 0.4) is 0 Å². The average molecular weight is 547 g/mol. The molecule has 0 unspecified atom stereocenters. The van der Waals surface area contributed by atoms with Crippen LogP contribution in [-0.4, -0.2) is 41.2 Å². The van der Waals surface area contributed by atoms with Gasteiger partial charge in [0.1, 0.15) is 0 Å². The van der Waals surface area contributed by atoms with Crippen LogP contribution >= 0.6 is 11.8 Å². The molecule has 2 aromatic rings. The normalized spacial score (nSPS) is 28.3. The fraction of sp³-hybridized carbons (Fsp3) is 0.452. The van der Waals surface area contributed by atoms with Gasteiger partial charge < -0.3 is 14.8 Å². The Morgan fingerprint density at radius 1 is 1.05 bits per heavy atom. The van der Waals surface area contributed by atoms with Crippen LogP contribution in [0.2, 0.25) is 0 Å². The van der Waals surface area contributed by atoms with Crippen molar-refractivity contribution in [2.75, 3.05) is 13.7 Å². The second-order valence-corrected chi connectivity index (χ2v) is 12.7.